The molecule has 2 N–H and O–H groups in total. The van der Waals surface area contributed by atoms with Gasteiger partial charge in [0.2, 0.25) is 0 Å². The van der Waals surface area contributed by atoms with E-state index in [2.05, 4.69) is 58.0 Å². The summed E-state index contributed by atoms with van der Waals surface area (Å²) in [6.45, 7) is 4.12. The van der Waals surface area contributed by atoms with Crippen molar-refractivity contribution in [3.05, 3.63) is 89.4 Å². The Morgan fingerprint density at radius 2 is 1.86 bits per heavy atom. The van der Waals surface area contributed by atoms with Crippen LogP contribution >= 0.6 is 0 Å². The van der Waals surface area contributed by atoms with Gasteiger partial charge in [-0.25, -0.2) is 0 Å². The highest BCUT2D eigenvalue weighted by atomic mass is 16.3. The van der Waals surface area contributed by atoms with Crippen LogP contribution in [0.4, 0.5) is 0 Å². The summed E-state index contributed by atoms with van der Waals surface area (Å²) in [5.41, 5.74) is 4.49. The molecule has 0 aliphatic rings. The van der Waals surface area contributed by atoms with Gasteiger partial charge < -0.3 is 15.1 Å². The predicted octanol–water partition coefficient (Wildman–Crippen LogP) is 3.85. The monoisotopic (exact) mass is 387 g/mol. The topological polar surface area (TPSA) is 67.4 Å². The van der Waals surface area contributed by atoms with Gasteiger partial charge in [0.25, 0.3) is 0 Å². The molecular weight excluding hydrogens is 362 g/mol. The normalized spacial score (nSPS) is 11.7. The first-order valence-electron chi connectivity index (χ1n) is 9.69. The van der Waals surface area contributed by atoms with Crippen LogP contribution in [0.2, 0.25) is 0 Å². The Morgan fingerprint density at radius 3 is 2.66 bits per heavy atom. The van der Waals surface area contributed by atoms with Crippen LogP contribution in [0, 0.1) is 6.92 Å². The van der Waals surface area contributed by atoms with Crippen LogP contribution < -0.4 is 10.6 Å². The number of rotatable bonds is 6. The van der Waals surface area contributed by atoms with E-state index in [0.717, 1.165) is 34.8 Å². The van der Waals surface area contributed by atoms with Crippen LogP contribution in [0.5, 0.6) is 0 Å². The maximum absolute atomic E-state index is 5.97. The van der Waals surface area contributed by atoms with E-state index in [-0.39, 0.29) is 0 Å². The van der Waals surface area contributed by atoms with Gasteiger partial charge in [0, 0.05) is 36.9 Å². The number of aliphatic imine (C=N–C) groups is 1. The largest absolute Gasteiger partial charge is 0.459 e. The SMILES string of the molecule is CN=C(NCc1cccc(Cn2cccn2)c1)NCc1oc2ccccc2c1C. The van der Waals surface area contributed by atoms with E-state index in [1.54, 1.807) is 13.2 Å². The number of hydrogen-bond acceptors (Lipinski definition) is 3. The van der Waals surface area contributed by atoms with Crippen LogP contribution in [0.25, 0.3) is 11.0 Å². The van der Waals surface area contributed by atoms with Gasteiger partial charge in [0.05, 0.1) is 13.1 Å². The third-order valence-corrected chi connectivity index (χ3v) is 4.94. The van der Waals surface area contributed by atoms with Crippen LogP contribution in [0.3, 0.4) is 0 Å². The fraction of sp³-hybridized carbons (Fsp3) is 0.217. The number of hydrogen-bond donors (Lipinski definition) is 2. The number of aryl methyl sites for hydroxylation is 1. The van der Waals surface area contributed by atoms with Gasteiger partial charge >= 0.3 is 0 Å². The Morgan fingerprint density at radius 1 is 1.03 bits per heavy atom. The molecule has 0 fully saturated rings. The van der Waals surface area contributed by atoms with Crippen LogP contribution in [0.15, 0.2) is 76.4 Å². The molecule has 0 aliphatic heterocycles. The van der Waals surface area contributed by atoms with Crippen LogP contribution in [-0.2, 0) is 19.6 Å². The predicted molar refractivity (Wildman–Crippen MR) is 116 cm³/mol. The first kappa shape index (κ1) is 18.8. The van der Waals surface area contributed by atoms with Crippen molar-refractivity contribution in [3.8, 4) is 0 Å². The van der Waals surface area contributed by atoms with Gasteiger partial charge in [0.1, 0.15) is 11.3 Å². The molecule has 2 heterocycles. The zero-order valence-electron chi connectivity index (χ0n) is 16.7. The van der Waals surface area contributed by atoms with Crippen LogP contribution in [-0.4, -0.2) is 22.8 Å². The Kier molecular flexibility index (Phi) is 5.61. The molecule has 4 rings (SSSR count). The zero-order chi connectivity index (χ0) is 20.1. The fourth-order valence-corrected chi connectivity index (χ4v) is 3.38. The highest BCUT2D eigenvalue weighted by Gasteiger charge is 2.10. The molecule has 4 aromatic rings. The average molecular weight is 387 g/mol. The molecule has 2 aromatic carbocycles. The highest BCUT2D eigenvalue weighted by molar-refractivity contribution is 5.82. The van der Waals surface area contributed by atoms with Crippen molar-refractivity contribution in [2.24, 2.45) is 4.99 Å². The van der Waals surface area contributed by atoms with Gasteiger partial charge in [-0.1, -0.05) is 42.5 Å². The van der Waals surface area contributed by atoms with Gasteiger partial charge in [-0.2, -0.15) is 5.10 Å². The minimum atomic E-state index is 0.583. The van der Waals surface area contributed by atoms with Gasteiger partial charge in [-0.05, 0) is 30.2 Å². The molecule has 6 heteroatoms. The number of nitrogens with one attached hydrogen (secondary N) is 2. The third kappa shape index (κ3) is 4.48. The van der Waals surface area contributed by atoms with Crippen molar-refractivity contribution in [1.29, 1.82) is 0 Å². The molecule has 0 amide bonds. The zero-order valence-corrected chi connectivity index (χ0v) is 16.7. The summed E-state index contributed by atoms with van der Waals surface area (Å²) < 4.78 is 7.89. The van der Waals surface area contributed by atoms with E-state index < -0.39 is 0 Å². The van der Waals surface area contributed by atoms with E-state index in [1.807, 2.05) is 35.1 Å². The second-order valence-corrected chi connectivity index (χ2v) is 6.95. The van der Waals surface area contributed by atoms with E-state index in [1.165, 1.54) is 11.1 Å². The highest BCUT2D eigenvalue weighted by Crippen LogP contribution is 2.24. The lowest BCUT2D eigenvalue weighted by Gasteiger charge is -2.12. The Balaban J connectivity index is 1.35. The minimum Gasteiger partial charge on any atom is -0.459 e. The summed E-state index contributed by atoms with van der Waals surface area (Å²) in [6, 6.07) is 18.5. The number of benzene rings is 2. The summed E-state index contributed by atoms with van der Waals surface area (Å²) in [7, 11) is 1.77. The van der Waals surface area contributed by atoms with Crippen molar-refractivity contribution < 1.29 is 4.42 Å². The second kappa shape index (κ2) is 8.65. The molecule has 148 valence electrons. The molecule has 0 spiro atoms. The second-order valence-electron chi connectivity index (χ2n) is 6.95. The lowest BCUT2D eigenvalue weighted by atomic mass is 10.1. The molecular formula is C23H25N5O. The molecule has 0 aliphatic carbocycles. The van der Waals surface area contributed by atoms with Crippen molar-refractivity contribution in [2.45, 2.75) is 26.6 Å². The minimum absolute atomic E-state index is 0.583. The quantitative estimate of drug-likeness (QED) is 0.390. The number of aromatic nitrogens is 2. The standard InChI is InChI=1S/C23H25N5O/c1-17-20-9-3-4-10-21(20)29-22(17)15-26-23(24-2)25-14-18-7-5-8-19(13-18)16-28-12-6-11-27-28/h3-13H,14-16H2,1-2H3,(H2,24,25,26). The first-order valence-corrected chi connectivity index (χ1v) is 9.69. The van der Waals surface area contributed by atoms with Crippen LogP contribution in [0.1, 0.15) is 22.5 Å². The Labute approximate surface area is 170 Å². The van der Waals surface area contributed by atoms with Crippen molar-refractivity contribution >= 4 is 16.9 Å². The fourth-order valence-electron chi connectivity index (χ4n) is 3.38. The Hall–Kier alpha value is -3.54. The van der Waals surface area contributed by atoms with Crippen molar-refractivity contribution in [3.63, 3.8) is 0 Å². The first-order chi connectivity index (χ1) is 14.2. The number of guanidine groups is 1. The van der Waals surface area contributed by atoms with Gasteiger partial charge in [0.15, 0.2) is 5.96 Å². The van der Waals surface area contributed by atoms with E-state index >= 15 is 0 Å². The average Bonchev–Trinajstić information content (AvgIpc) is 3.37. The molecule has 0 saturated heterocycles. The number of furan rings is 1. The molecule has 6 nitrogen and oxygen atoms in total. The van der Waals surface area contributed by atoms with Crippen molar-refractivity contribution in [2.75, 3.05) is 7.05 Å². The van der Waals surface area contributed by atoms with E-state index in [9.17, 15) is 0 Å². The molecule has 0 unspecified atom stereocenters. The summed E-state index contributed by atoms with van der Waals surface area (Å²) in [6.07, 6.45) is 3.77. The maximum Gasteiger partial charge on any atom is 0.191 e. The third-order valence-electron chi connectivity index (χ3n) is 4.94. The molecule has 2 aromatic heterocycles. The molecule has 0 radical (unpaired) electrons. The van der Waals surface area contributed by atoms with E-state index in [4.69, 9.17) is 4.42 Å². The summed E-state index contributed by atoms with van der Waals surface area (Å²) in [5, 5.41) is 12.1. The van der Waals surface area contributed by atoms with Gasteiger partial charge in [-0.3, -0.25) is 9.67 Å². The summed E-state index contributed by atoms with van der Waals surface area (Å²) in [4.78, 5) is 4.32. The maximum atomic E-state index is 5.97. The summed E-state index contributed by atoms with van der Waals surface area (Å²) in [5.74, 6) is 1.66. The number of nitrogens with zero attached hydrogens (tertiary/aromatic N) is 3. The van der Waals surface area contributed by atoms with E-state index in [0.29, 0.717) is 13.1 Å². The summed E-state index contributed by atoms with van der Waals surface area (Å²) >= 11 is 0. The molecule has 0 bridgehead atoms. The number of para-hydroxylation sites is 1. The molecule has 29 heavy (non-hydrogen) atoms. The molecule has 0 atom stereocenters. The van der Waals surface area contributed by atoms with Crippen molar-refractivity contribution in [1.82, 2.24) is 20.4 Å². The van der Waals surface area contributed by atoms with Gasteiger partial charge in [-0.15, -0.1) is 0 Å². The lowest BCUT2D eigenvalue weighted by Crippen LogP contribution is -2.36. The molecule has 0 saturated carbocycles. The number of fused-ring (bicyclic) bond motifs is 1. The Bertz CT molecular complexity index is 1110. The smallest absolute Gasteiger partial charge is 0.191 e. The lowest BCUT2D eigenvalue weighted by molar-refractivity contribution is 0.534.